The number of anilines is 1. The number of carbonyl (C=O) groups is 2. The number of nitrogens with zero attached hydrogens (tertiary/aromatic N) is 3. The summed E-state index contributed by atoms with van der Waals surface area (Å²) in [6, 6.07) is 7.92. The second-order valence-corrected chi connectivity index (χ2v) is 11.4. The molecule has 2 heterocycles. The van der Waals surface area contributed by atoms with Gasteiger partial charge in [0.1, 0.15) is 10.8 Å². The number of nitrogens with one attached hydrogen (secondary N) is 1. The molecule has 2 aliphatic rings. The largest absolute Gasteiger partial charge is 0.490 e. The fourth-order valence-electron chi connectivity index (χ4n) is 4.99. The van der Waals surface area contributed by atoms with Crippen molar-refractivity contribution < 1.29 is 19.1 Å². The van der Waals surface area contributed by atoms with Crippen LogP contribution in [0.3, 0.4) is 0 Å². The summed E-state index contributed by atoms with van der Waals surface area (Å²) in [6.07, 6.45) is 9.57. The Bertz CT molecular complexity index is 1310. The Labute approximate surface area is 230 Å². The number of benzene rings is 1. The van der Waals surface area contributed by atoms with Crippen molar-refractivity contribution in [3.8, 4) is 17.1 Å². The molecular weight excluding hydrogens is 520 g/mol. The smallest absolute Gasteiger partial charge is 0.341 e. The summed E-state index contributed by atoms with van der Waals surface area (Å²) in [6.45, 7) is 6.46. The van der Waals surface area contributed by atoms with E-state index >= 15 is 0 Å². The number of hydrogen-bond donors (Lipinski definition) is 1. The first-order valence-corrected chi connectivity index (χ1v) is 14.9. The van der Waals surface area contributed by atoms with Crippen LogP contribution in [0.25, 0.3) is 11.4 Å². The van der Waals surface area contributed by atoms with Crippen molar-refractivity contribution in [1.29, 1.82) is 0 Å². The molecule has 0 spiro atoms. The average molecular weight is 553 g/mol. The lowest BCUT2D eigenvalue weighted by Gasteiger charge is -2.13. The van der Waals surface area contributed by atoms with Gasteiger partial charge in [0.15, 0.2) is 11.0 Å². The lowest BCUT2D eigenvalue weighted by molar-refractivity contribution is -0.113. The first-order chi connectivity index (χ1) is 18.6. The Morgan fingerprint density at radius 3 is 2.71 bits per heavy atom. The third-order valence-corrected chi connectivity index (χ3v) is 8.91. The van der Waals surface area contributed by atoms with E-state index in [4.69, 9.17) is 9.47 Å². The van der Waals surface area contributed by atoms with Gasteiger partial charge in [-0.2, -0.15) is 0 Å². The molecule has 2 aromatic heterocycles. The molecule has 5 rings (SSSR count). The first-order valence-electron chi connectivity index (χ1n) is 13.1. The number of rotatable bonds is 11. The fraction of sp³-hybridized carbons (Fsp3) is 0.429. The Balaban J connectivity index is 1.26. The monoisotopic (exact) mass is 552 g/mol. The van der Waals surface area contributed by atoms with Crippen LogP contribution in [0.2, 0.25) is 0 Å². The molecule has 1 saturated carbocycles. The Morgan fingerprint density at radius 2 is 1.97 bits per heavy atom. The molecule has 2 aliphatic carbocycles. The second kappa shape index (κ2) is 12.2. The molecule has 1 aromatic carbocycles. The number of thiophene rings is 1. The molecule has 0 unspecified atom stereocenters. The van der Waals surface area contributed by atoms with E-state index in [2.05, 4.69) is 22.1 Å². The van der Waals surface area contributed by atoms with Gasteiger partial charge in [-0.05, 0) is 81.7 Å². The van der Waals surface area contributed by atoms with Crippen LogP contribution in [-0.4, -0.2) is 45.1 Å². The van der Waals surface area contributed by atoms with Crippen LogP contribution in [0.4, 0.5) is 5.00 Å². The summed E-state index contributed by atoms with van der Waals surface area (Å²) in [7, 11) is 0. The number of hydrogen-bond acceptors (Lipinski definition) is 8. The topological polar surface area (TPSA) is 95.3 Å². The minimum absolute atomic E-state index is 0.133. The van der Waals surface area contributed by atoms with Gasteiger partial charge in [-0.3, -0.25) is 9.36 Å². The highest BCUT2D eigenvalue weighted by Crippen LogP contribution is 2.39. The Morgan fingerprint density at radius 1 is 1.18 bits per heavy atom. The molecule has 1 fully saturated rings. The van der Waals surface area contributed by atoms with E-state index in [1.54, 1.807) is 13.0 Å². The SMILES string of the molecule is C=CCn1c(SCC(=O)Nc2sc3c(c2C(=O)OCC)CCC3)nnc1-c1ccc(OC2CCCC2)cc1. The zero-order valence-electron chi connectivity index (χ0n) is 21.5. The summed E-state index contributed by atoms with van der Waals surface area (Å²) in [4.78, 5) is 26.7. The van der Waals surface area contributed by atoms with Gasteiger partial charge in [0.25, 0.3) is 0 Å². The molecule has 0 bridgehead atoms. The Hall–Kier alpha value is -3.11. The number of aryl methyl sites for hydroxylation is 1. The molecule has 0 aliphatic heterocycles. The van der Waals surface area contributed by atoms with Crippen molar-refractivity contribution in [2.75, 3.05) is 17.7 Å². The van der Waals surface area contributed by atoms with Crippen molar-refractivity contribution in [1.82, 2.24) is 14.8 Å². The lowest BCUT2D eigenvalue weighted by Crippen LogP contribution is -2.17. The van der Waals surface area contributed by atoms with E-state index in [9.17, 15) is 9.59 Å². The number of fused-ring (bicyclic) bond motifs is 1. The van der Waals surface area contributed by atoms with Crippen LogP contribution in [0.15, 0.2) is 42.1 Å². The minimum atomic E-state index is -0.370. The predicted octanol–water partition coefficient (Wildman–Crippen LogP) is 5.91. The number of ether oxygens (including phenoxy) is 2. The normalized spacial score (nSPS) is 14.9. The van der Waals surface area contributed by atoms with Gasteiger partial charge in [0, 0.05) is 17.0 Å². The zero-order valence-corrected chi connectivity index (χ0v) is 23.2. The van der Waals surface area contributed by atoms with Gasteiger partial charge in [0.05, 0.1) is 24.0 Å². The van der Waals surface area contributed by atoms with Crippen LogP contribution in [0.1, 0.15) is 59.8 Å². The van der Waals surface area contributed by atoms with Gasteiger partial charge in [0.2, 0.25) is 5.91 Å². The third kappa shape index (κ3) is 5.81. The predicted molar refractivity (Wildman–Crippen MR) is 150 cm³/mol. The number of allylic oxidation sites excluding steroid dienone is 1. The minimum Gasteiger partial charge on any atom is -0.490 e. The van der Waals surface area contributed by atoms with Gasteiger partial charge in [-0.1, -0.05) is 17.8 Å². The van der Waals surface area contributed by atoms with Crippen molar-refractivity contribution in [2.24, 2.45) is 0 Å². The van der Waals surface area contributed by atoms with Crippen LogP contribution >= 0.6 is 23.1 Å². The average Bonchev–Trinajstić information content (AvgIpc) is 3.70. The molecule has 200 valence electrons. The molecule has 8 nitrogen and oxygen atoms in total. The highest BCUT2D eigenvalue weighted by molar-refractivity contribution is 7.99. The molecule has 0 saturated heterocycles. The number of esters is 1. The van der Waals surface area contributed by atoms with E-state index in [1.165, 1.54) is 35.9 Å². The molecule has 38 heavy (non-hydrogen) atoms. The molecular formula is C28H32N4O4S2. The number of thioether (sulfide) groups is 1. The van der Waals surface area contributed by atoms with E-state index in [0.29, 0.717) is 40.8 Å². The highest BCUT2D eigenvalue weighted by Gasteiger charge is 2.28. The van der Waals surface area contributed by atoms with Crippen molar-refractivity contribution in [3.05, 3.63) is 52.9 Å². The van der Waals surface area contributed by atoms with Crippen LogP contribution < -0.4 is 10.1 Å². The van der Waals surface area contributed by atoms with Crippen LogP contribution in [-0.2, 0) is 28.9 Å². The zero-order chi connectivity index (χ0) is 26.5. The van der Waals surface area contributed by atoms with Gasteiger partial charge in [-0.25, -0.2) is 4.79 Å². The van der Waals surface area contributed by atoms with Gasteiger partial charge < -0.3 is 14.8 Å². The lowest BCUT2D eigenvalue weighted by atomic mass is 10.1. The first kappa shape index (κ1) is 26.5. The van der Waals surface area contributed by atoms with E-state index in [1.807, 2.05) is 28.8 Å². The molecule has 0 atom stereocenters. The molecule has 10 heteroatoms. The summed E-state index contributed by atoms with van der Waals surface area (Å²) in [5, 5.41) is 12.9. The fourth-order valence-corrected chi connectivity index (χ4v) is 7.03. The van der Waals surface area contributed by atoms with Crippen LogP contribution in [0.5, 0.6) is 5.75 Å². The second-order valence-electron chi connectivity index (χ2n) is 9.37. The Kier molecular flexibility index (Phi) is 8.48. The van der Waals surface area contributed by atoms with Crippen molar-refractivity contribution in [2.45, 2.75) is 69.7 Å². The van der Waals surface area contributed by atoms with Crippen molar-refractivity contribution in [3.63, 3.8) is 0 Å². The maximum atomic E-state index is 12.9. The molecule has 1 amide bonds. The molecule has 0 radical (unpaired) electrons. The van der Waals surface area contributed by atoms with Gasteiger partial charge in [-0.15, -0.1) is 28.1 Å². The third-order valence-electron chi connectivity index (χ3n) is 6.73. The van der Waals surface area contributed by atoms with Crippen LogP contribution in [0, 0.1) is 0 Å². The molecule has 1 N–H and O–H groups in total. The standard InChI is InChI=1S/C28H32N4O4S2/c1-3-16-32-25(18-12-14-20(15-13-18)36-19-8-5-6-9-19)30-31-28(32)37-17-23(33)29-26-24(27(34)35-4-2)21-10-7-11-22(21)38-26/h3,12-15,19H,1,4-11,16-17H2,2H3,(H,29,33). The summed E-state index contributed by atoms with van der Waals surface area (Å²) < 4.78 is 13.3. The number of amides is 1. The molecule has 3 aromatic rings. The summed E-state index contributed by atoms with van der Waals surface area (Å²) >= 11 is 2.78. The number of aromatic nitrogens is 3. The van der Waals surface area contributed by atoms with E-state index in [-0.39, 0.29) is 17.6 Å². The van der Waals surface area contributed by atoms with Gasteiger partial charge >= 0.3 is 5.97 Å². The quantitative estimate of drug-likeness (QED) is 0.179. The summed E-state index contributed by atoms with van der Waals surface area (Å²) in [5.74, 6) is 1.13. The number of carbonyl (C=O) groups excluding carboxylic acids is 2. The van der Waals surface area contributed by atoms with E-state index < -0.39 is 0 Å². The van der Waals surface area contributed by atoms with Crippen molar-refractivity contribution >= 4 is 40.0 Å². The summed E-state index contributed by atoms with van der Waals surface area (Å²) in [5.41, 5.74) is 2.45. The maximum absolute atomic E-state index is 12.9. The highest BCUT2D eigenvalue weighted by atomic mass is 32.2. The van der Waals surface area contributed by atoms with E-state index in [0.717, 1.165) is 53.9 Å². The maximum Gasteiger partial charge on any atom is 0.341 e.